The van der Waals surface area contributed by atoms with Crippen LogP contribution in [0, 0.1) is 13.8 Å². The molecule has 3 nitrogen and oxygen atoms in total. The number of rotatable bonds is 4. The van der Waals surface area contributed by atoms with E-state index >= 15 is 0 Å². The average Bonchev–Trinajstić information content (AvgIpc) is 2.36. The van der Waals surface area contributed by atoms with Gasteiger partial charge in [0.25, 0.3) is 5.56 Å². The third kappa shape index (κ3) is 3.00. The summed E-state index contributed by atoms with van der Waals surface area (Å²) in [5.41, 5.74) is 3.71. The maximum Gasteiger partial charge on any atom is 0.250 e. The Hall–Kier alpha value is -2.03. The van der Waals surface area contributed by atoms with E-state index in [-0.39, 0.29) is 5.56 Å². The molecular formula is C15H18N2O. The van der Waals surface area contributed by atoms with Gasteiger partial charge in [-0.1, -0.05) is 12.1 Å². The van der Waals surface area contributed by atoms with E-state index in [1.807, 2.05) is 12.3 Å². The lowest BCUT2D eigenvalue weighted by atomic mass is 10.1. The number of nitrogens with zero attached hydrogens (tertiary/aromatic N) is 1. The maximum absolute atomic E-state index is 11.5. The second kappa shape index (κ2) is 5.54. The van der Waals surface area contributed by atoms with Crippen molar-refractivity contribution in [1.82, 2.24) is 4.57 Å². The zero-order valence-corrected chi connectivity index (χ0v) is 10.8. The van der Waals surface area contributed by atoms with Crippen LogP contribution in [-0.2, 0) is 6.54 Å². The predicted octanol–water partition coefficient (Wildman–Crippen LogP) is 2.58. The third-order valence-corrected chi connectivity index (χ3v) is 3.09. The van der Waals surface area contributed by atoms with Crippen molar-refractivity contribution in [2.24, 2.45) is 0 Å². The average molecular weight is 242 g/mol. The molecule has 0 aliphatic rings. The van der Waals surface area contributed by atoms with E-state index in [0.717, 1.165) is 12.2 Å². The maximum atomic E-state index is 11.5. The number of hydrogen-bond acceptors (Lipinski definition) is 2. The molecule has 0 spiro atoms. The van der Waals surface area contributed by atoms with Crippen LogP contribution in [0.4, 0.5) is 5.69 Å². The van der Waals surface area contributed by atoms with Crippen LogP contribution in [0.1, 0.15) is 11.1 Å². The van der Waals surface area contributed by atoms with Gasteiger partial charge in [0.05, 0.1) is 0 Å². The first kappa shape index (κ1) is 12.4. The summed E-state index contributed by atoms with van der Waals surface area (Å²) < 4.78 is 1.70. The van der Waals surface area contributed by atoms with Gasteiger partial charge in [-0.2, -0.15) is 0 Å². The molecule has 0 aliphatic heterocycles. The van der Waals surface area contributed by atoms with E-state index in [1.165, 1.54) is 11.1 Å². The Labute approximate surface area is 107 Å². The van der Waals surface area contributed by atoms with Crippen LogP contribution < -0.4 is 10.9 Å². The van der Waals surface area contributed by atoms with Crippen molar-refractivity contribution in [2.75, 3.05) is 11.9 Å². The molecule has 3 heteroatoms. The van der Waals surface area contributed by atoms with E-state index in [1.54, 1.807) is 16.7 Å². The summed E-state index contributed by atoms with van der Waals surface area (Å²) in [5.74, 6) is 0. The monoisotopic (exact) mass is 242 g/mol. The molecule has 2 rings (SSSR count). The summed E-state index contributed by atoms with van der Waals surface area (Å²) >= 11 is 0. The predicted molar refractivity (Wildman–Crippen MR) is 75.1 cm³/mol. The Morgan fingerprint density at radius 2 is 1.94 bits per heavy atom. The minimum absolute atomic E-state index is 0.0411. The molecule has 18 heavy (non-hydrogen) atoms. The Morgan fingerprint density at radius 1 is 1.11 bits per heavy atom. The van der Waals surface area contributed by atoms with Gasteiger partial charge in [0, 0.05) is 31.0 Å². The molecule has 0 aliphatic carbocycles. The van der Waals surface area contributed by atoms with E-state index < -0.39 is 0 Å². The summed E-state index contributed by atoms with van der Waals surface area (Å²) in [6.07, 6.45) is 1.81. The van der Waals surface area contributed by atoms with Crippen molar-refractivity contribution >= 4 is 5.69 Å². The number of anilines is 1. The molecule has 2 aromatic rings. The first-order chi connectivity index (χ1) is 8.66. The lowest BCUT2D eigenvalue weighted by Crippen LogP contribution is -2.21. The van der Waals surface area contributed by atoms with Gasteiger partial charge < -0.3 is 9.88 Å². The highest BCUT2D eigenvalue weighted by Crippen LogP contribution is 2.13. The fourth-order valence-corrected chi connectivity index (χ4v) is 1.82. The van der Waals surface area contributed by atoms with Crippen LogP contribution in [0.3, 0.4) is 0 Å². The van der Waals surface area contributed by atoms with Gasteiger partial charge in [0.1, 0.15) is 0 Å². The second-order valence-electron chi connectivity index (χ2n) is 4.46. The molecule has 0 bridgehead atoms. The quantitative estimate of drug-likeness (QED) is 0.894. The summed E-state index contributed by atoms with van der Waals surface area (Å²) in [5, 5.41) is 3.33. The Bertz CT molecular complexity index is 587. The number of nitrogens with one attached hydrogen (secondary N) is 1. The molecular weight excluding hydrogens is 224 g/mol. The summed E-state index contributed by atoms with van der Waals surface area (Å²) in [6.45, 7) is 5.61. The fourth-order valence-electron chi connectivity index (χ4n) is 1.82. The first-order valence-corrected chi connectivity index (χ1v) is 6.13. The Morgan fingerprint density at radius 3 is 2.67 bits per heavy atom. The smallest absolute Gasteiger partial charge is 0.250 e. The summed E-state index contributed by atoms with van der Waals surface area (Å²) in [4.78, 5) is 11.5. The van der Waals surface area contributed by atoms with Gasteiger partial charge in [0.15, 0.2) is 0 Å². The van der Waals surface area contributed by atoms with E-state index in [0.29, 0.717) is 6.54 Å². The molecule has 0 amide bonds. The van der Waals surface area contributed by atoms with Gasteiger partial charge >= 0.3 is 0 Å². The number of benzene rings is 1. The largest absolute Gasteiger partial charge is 0.383 e. The Kier molecular flexibility index (Phi) is 3.82. The normalized spacial score (nSPS) is 10.3. The van der Waals surface area contributed by atoms with Crippen molar-refractivity contribution in [3.8, 4) is 0 Å². The van der Waals surface area contributed by atoms with Gasteiger partial charge in [-0.3, -0.25) is 4.79 Å². The molecule has 0 unspecified atom stereocenters. The van der Waals surface area contributed by atoms with Crippen LogP contribution in [0.25, 0.3) is 0 Å². The van der Waals surface area contributed by atoms with E-state index in [2.05, 4.69) is 37.4 Å². The van der Waals surface area contributed by atoms with Crippen molar-refractivity contribution < 1.29 is 0 Å². The number of hydrogen-bond donors (Lipinski definition) is 1. The van der Waals surface area contributed by atoms with E-state index in [9.17, 15) is 4.79 Å². The zero-order chi connectivity index (χ0) is 13.0. The lowest BCUT2D eigenvalue weighted by Gasteiger charge is -2.09. The van der Waals surface area contributed by atoms with E-state index in [4.69, 9.17) is 0 Å². The highest BCUT2D eigenvalue weighted by molar-refractivity contribution is 5.47. The van der Waals surface area contributed by atoms with Crippen LogP contribution >= 0.6 is 0 Å². The SMILES string of the molecule is Cc1ccc(NCCn2ccccc2=O)cc1C. The van der Waals surface area contributed by atoms with Crippen molar-refractivity contribution in [3.05, 3.63) is 64.1 Å². The lowest BCUT2D eigenvalue weighted by molar-refractivity contribution is 0.697. The minimum atomic E-state index is 0.0411. The van der Waals surface area contributed by atoms with Gasteiger partial charge in [-0.05, 0) is 43.2 Å². The third-order valence-electron chi connectivity index (χ3n) is 3.09. The summed E-state index contributed by atoms with van der Waals surface area (Å²) in [6, 6.07) is 11.5. The number of aryl methyl sites for hydroxylation is 2. The van der Waals surface area contributed by atoms with Gasteiger partial charge in [-0.25, -0.2) is 0 Å². The first-order valence-electron chi connectivity index (χ1n) is 6.13. The Balaban J connectivity index is 1.95. The van der Waals surface area contributed by atoms with Crippen molar-refractivity contribution in [1.29, 1.82) is 0 Å². The second-order valence-corrected chi connectivity index (χ2v) is 4.46. The molecule has 0 saturated carbocycles. The standard InChI is InChI=1S/C15H18N2O/c1-12-6-7-14(11-13(12)2)16-8-10-17-9-4-3-5-15(17)18/h3-7,9,11,16H,8,10H2,1-2H3. The van der Waals surface area contributed by atoms with Crippen LogP contribution in [0.5, 0.6) is 0 Å². The van der Waals surface area contributed by atoms with Crippen molar-refractivity contribution in [3.63, 3.8) is 0 Å². The zero-order valence-electron chi connectivity index (χ0n) is 10.8. The molecule has 1 aromatic heterocycles. The van der Waals surface area contributed by atoms with Gasteiger partial charge in [0.2, 0.25) is 0 Å². The molecule has 0 radical (unpaired) electrons. The molecule has 0 fully saturated rings. The highest BCUT2D eigenvalue weighted by atomic mass is 16.1. The molecule has 0 saturated heterocycles. The molecule has 0 atom stereocenters. The van der Waals surface area contributed by atoms with Crippen LogP contribution in [0.2, 0.25) is 0 Å². The topological polar surface area (TPSA) is 34.0 Å². The van der Waals surface area contributed by atoms with Gasteiger partial charge in [-0.15, -0.1) is 0 Å². The van der Waals surface area contributed by atoms with Crippen LogP contribution in [0.15, 0.2) is 47.4 Å². The summed E-state index contributed by atoms with van der Waals surface area (Å²) in [7, 11) is 0. The highest BCUT2D eigenvalue weighted by Gasteiger charge is 1.97. The molecule has 1 heterocycles. The molecule has 94 valence electrons. The molecule has 1 N–H and O–H groups in total. The van der Waals surface area contributed by atoms with Crippen LogP contribution in [-0.4, -0.2) is 11.1 Å². The van der Waals surface area contributed by atoms with Crippen molar-refractivity contribution in [2.45, 2.75) is 20.4 Å². The fraction of sp³-hybridized carbons (Fsp3) is 0.267. The number of pyridine rings is 1. The number of aromatic nitrogens is 1. The minimum Gasteiger partial charge on any atom is -0.383 e. The molecule has 1 aromatic carbocycles.